The summed E-state index contributed by atoms with van der Waals surface area (Å²) in [6, 6.07) is 1.88. The van der Waals surface area contributed by atoms with E-state index in [0.717, 1.165) is 12.1 Å². The minimum Gasteiger partial charge on any atom is -0.383 e. The Balaban J connectivity index is 2.96. The predicted molar refractivity (Wildman–Crippen MR) is 73.8 cm³/mol. The molecule has 0 saturated carbocycles. The molecule has 0 heterocycles. The van der Waals surface area contributed by atoms with Crippen LogP contribution in [0.5, 0.6) is 0 Å². The van der Waals surface area contributed by atoms with Gasteiger partial charge in [0.05, 0.1) is 13.2 Å². The fourth-order valence-electron chi connectivity index (χ4n) is 1.73. The molecule has 0 aliphatic rings. The molecule has 0 bridgehead atoms. The molecule has 1 aromatic rings. The number of methoxy groups -OCH3 is 2. The van der Waals surface area contributed by atoms with Gasteiger partial charge in [-0.3, -0.25) is 10.6 Å². The predicted octanol–water partition coefficient (Wildman–Crippen LogP) is 0.985. The third-order valence-corrected chi connectivity index (χ3v) is 2.85. The van der Waals surface area contributed by atoms with Crippen molar-refractivity contribution in [3.63, 3.8) is 0 Å². The molecule has 3 N–H and O–H groups in total. The van der Waals surface area contributed by atoms with E-state index < -0.39 is 23.2 Å². The van der Waals surface area contributed by atoms with E-state index in [0.29, 0.717) is 26.3 Å². The van der Waals surface area contributed by atoms with Crippen molar-refractivity contribution in [3.05, 3.63) is 29.3 Å². The minimum atomic E-state index is -0.931. The van der Waals surface area contributed by atoms with Crippen molar-refractivity contribution in [1.29, 1.82) is 0 Å². The van der Waals surface area contributed by atoms with Crippen LogP contribution in [0.3, 0.4) is 0 Å². The van der Waals surface area contributed by atoms with Crippen molar-refractivity contribution in [2.24, 2.45) is 5.84 Å². The Morgan fingerprint density at radius 3 is 2.05 bits per heavy atom. The third kappa shape index (κ3) is 4.62. The lowest BCUT2D eigenvalue weighted by Gasteiger charge is -2.22. The Kier molecular flexibility index (Phi) is 7.00. The fourth-order valence-corrected chi connectivity index (χ4v) is 1.73. The molecule has 118 valence electrons. The van der Waals surface area contributed by atoms with Crippen LogP contribution < -0.4 is 11.3 Å². The molecule has 1 aromatic carbocycles. The van der Waals surface area contributed by atoms with Gasteiger partial charge in [-0.05, 0) is 12.1 Å². The van der Waals surface area contributed by atoms with Crippen LogP contribution in [0, 0.1) is 11.6 Å². The summed E-state index contributed by atoms with van der Waals surface area (Å²) in [5, 5.41) is 0. The number of carbonyl (C=O) groups is 1. The normalized spacial score (nSPS) is 10.5. The largest absolute Gasteiger partial charge is 0.383 e. The number of rotatable bonds is 8. The van der Waals surface area contributed by atoms with Crippen molar-refractivity contribution in [2.75, 3.05) is 45.9 Å². The van der Waals surface area contributed by atoms with Crippen LogP contribution in [0.2, 0.25) is 0 Å². The second kappa shape index (κ2) is 8.50. The van der Waals surface area contributed by atoms with E-state index in [1.54, 1.807) is 0 Å². The molecule has 0 saturated heterocycles. The Hall–Kier alpha value is -1.77. The van der Waals surface area contributed by atoms with E-state index in [2.05, 4.69) is 0 Å². The number of carbonyl (C=O) groups excluding carboxylic acids is 1. The number of nitrogens with zero attached hydrogens (tertiary/aromatic N) is 1. The van der Waals surface area contributed by atoms with Crippen molar-refractivity contribution in [3.8, 4) is 0 Å². The first-order chi connectivity index (χ1) is 10.0. The lowest BCUT2D eigenvalue weighted by Crippen LogP contribution is -2.36. The third-order valence-electron chi connectivity index (χ3n) is 2.85. The number of ether oxygens (including phenoxy) is 2. The first-order valence-corrected chi connectivity index (χ1v) is 6.28. The topological polar surface area (TPSA) is 76.8 Å². The smallest absolute Gasteiger partial charge is 0.254 e. The molecule has 1 rings (SSSR count). The lowest BCUT2D eigenvalue weighted by molar-refractivity contribution is 0.0626. The highest BCUT2D eigenvalue weighted by atomic mass is 19.1. The van der Waals surface area contributed by atoms with E-state index in [1.165, 1.54) is 19.1 Å². The number of benzene rings is 1. The maximum atomic E-state index is 13.6. The summed E-state index contributed by atoms with van der Waals surface area (Å²) in [5.74, 6) is 2.64. The molecule has 0 radical (unpaired) electrons. The molecule has 0 unspecified atom stereocenters. The number of anilines is 1. The summed E-state index contributed by atoms with van der Waals surface area (Å²) in [6.45, 7) is 1.20. The number of amides is 1. The molecule has 0 aliphatic heterocycles. The fraction of sp³-hybridized carbons (Fsp3) is 0.462. The average Bonchev–Trinajstić information content (AvgIpc) is 2.46. The van der Waals surface area contributed by atoms with Gasteiger partial charge in [0.2, 0.25) is 0 Å². The number of hydrogen-bond donors (Lipinski definition) is 2. The van der Waals surface area contributed by atoms with Gasteiger partial charge < -0.3 is 19.8 Å². The van der Waals surface area contributed by atoms with Gasteiger partial charge in [-0.25, -0.2) is 8.78 Å². The summed E-state index contributed by atoms with van der Waals surface area (Å²) >= 11 is 0. The van der Waals surface area contributed by atoms with Crippen LogP contribution >= 0.6 is 0 Å². The number of nitrogens with two attached hydrogens (primary N) is 1. The average molecular weight is 303 g/mol. The Labute approximate surface area is 121 Å². The van der Waals surface area contributed by atoms with Crippen LogP contribution in [-0.4, -0.2) is 51.3 Å². The summed E-state index contributed by atoms with van der Waals surface area (Å²) in [4.78, 5) is 13.7. The zero-order chi connectivity index (χ0) is 15.8. The maximum Gasteiger partial charge on any atom is 0.254 e. The zero-order valence-corrected chi connectivity index (χ0v) is 12.0. The number of nitrogen functional groups attached to an aromatic ring is 1. The van der Waals surface area contributed by atoms with Gasteiger partial charge in [-0.1, -0.05) is 0 Å². The highest BCUT2D eigenvalue weighted by Gasteiger charge is 2.19. The molecular formula is C13H19F2N3O3. The van der Waals surface area contributed by atoms with Crippen LogP contribution in [-0.2, 0) is 9.47 Å². The van der Waals surface area contributed by atoms with Gasteiger partial charge in [-0.15, -0.1) is 0 Å². The summed E-state index contributed by atoms with van der Waals surface area (Å²) in [6.07, 6.45) is 0. The SMILES string of the molecule is COCCN(CCOC)C(=O)c1cc(F)c(NN)c(F)c1. The van der Waals surface area contributed by atoms with Crippen LogP contribution in [0.25, 0.3) is 0 Å². The van der Waals surface area contributed by atoms with Crippen LogP contribution in [0.4, 0.5) is 14.5 Å². The first-order valence-electron chi connectivity index (χ1n) is 6.28. The van der Waals surface area contributed by atoms with Crippen molar-refractivity contribution in [2.45, 2.75) is 0 Å². The van der Waals surface area contributed by atoms with Gasteiger partial charge in [0.1, 0.15) is 5.69 Å². The number of hydrogen-bond acceptors (Lipinski definition) is 5. The summed E-state index contributed by atoms with van der Waals surface area (Å²) in [7, 11) is 3.00. The number of nitrogens with one attached hydrogen (secondary N) is 1. The van der Waals surface area contributed by atoms with Crippen molar-refractivity contribution in [1.82, 2.24) is 4.90 Å². The van der Waals surface area contributed by atoms with Gasteiger partial charge in [0, 0.05) is 32.9 Å². The maximum absolute atomic E-state index is 13.6. The standard InChI is InChI=1S/C13H19F2N3O3/c1-20-5-3-18(4-6-21-2)13(19)9-7-10(14)12(17-16)11(15)8-9/h7-8,17H,3-6,16H2,1-2H3. The van der Waals surface area contributed by atoms with E-state index >= 15 is 0 Å². The zero-order valence-electron chi connectivity index (χ0n) is 12.0. The van der Waals surface area contributed by atoms with Gasteiger partial charge in [0.25, 0.3) is 5.91 Å². The first kappa shape index (κ1) is 17.3. The molecule has 0 fully saturated rings. The van der Waals surface area contributed by atoms with E-state index in [1.807, 2.05) is 5.43 Å². The number of hydrazine groups is 1. The van der Waals surface area contributed by atoms with Crippen LogP contribution in [0.1, 0.15) is 10.4 Å². The molecule has 0 aromatic heterocycles. The van der Waals surface area contributed by atoms with E-state index in [-0.39, 0.29) is 5.56 Å². The Morgan fingerprint density at radius 2 is 1.67 bits per heavy atom. The monoisotopic (exact) mass is 303 g/mol. The van der Waals surface area contributed by atoms with Crippen molar-refractivity contribution < 1.29 is 23.0 Å². The minimum absolute atomic E-state index is 0.101. The van der Waals surface area contributed by atoms with E-state index in [9.17, 15) is 13.6 Å². The van der Waals surface area contributed by atoms with Gasteiger partial charge >= 0.3 is 0 Å². The second-order valence-corrected chi connectivity index (χ2v) is 4.24. The van der Waals surface area contributed by atoms with Crippen LogP contribution in [0.15, 0.2) is 12.1 Å². The van der Waals surface area contributed by atoms with Gasteiger partial charge in [-0.2, -0.15) is 0 Å². The molecule has 0 spiro atoms. The molecule has 6 nitrogen and oxygen atoms in total. The summed E-state index contributed by atoms with van der Waals surface area (Å²) in [5.41, 5.74) is 1.33. The molecular weight excluding hydrogens is 284 g/mol. The van der Waals surface area contributed by atoms with E-state index in [4.69, 9.17) is 15.3 Å². The second-order valence-electron chi connectivity index (χ2n) is 4.24. The lowest BCUT2D eigenvalue weighted by atomic mass is 10.1. The van der Waals surface area contributed by atoms with Crippen molar-refractivity contribution >= 4 is 11.6 Å². The Morgan fingerprint density at radius 1 is 1.19 bits per heavy atom. The highest BCUT2D eigenvalue weighted by molar-refractivity contribution is 5.94. The molecule has 1 amide bonds. The quantitative estimate of drug-likeness (QED) is 0.553. The Bertz CT molecular complexity index is 455. The molecule has 0 atom stereocenters. The summed E-state index contributed by atoms with van der Waals surface area (Å²) < 4.78 is 37.1. The van der Waals surface area contributed by atoms with Gasteiger partial charge in [0.15, 0.2) is 11.6 Å². The molecule has 8 heteroatoms. The number of halogens is 2. The molecule has 0 aliphatic carbocycles. The molecule has 21 heavy (non-hydrogen) atoms. The highest BCUT2D eigenvalue weighted by Crippen LogP contribution is 2.20.